The van der Waals surface area contributed by atoms with Gasteiger partial charge < -0.3 is 0 Å². The lowest BCUT2D eigenvalue weighted by molar-refractivity contribution is 0.752. The van der Waals surface area contributed by atoms with Gasteiger partial charge in [-0.25, -0.2) is 0 Å². The highest BCUT2D eigenvalue weighted by atomic mass is 79.9. The van der Waals surface area contributed by atoms with Crippen LogP contribution in [0.1, 0.15) is 12.8 Å². The first-order valence-corrected chi connectivity index (χ1v) is 4.63. The van der Waals surface area contributed by atoms with Crippen LogP contribution in [0.15, 0.2) is 0 Å². The van der Waals surface area contributed by atoms with Crippen molar-refractivity contribution in [1.82, 2.24) is 0 Å². The number of nitriles is 2. The summed E-state index contributed by atoms with van der Waals surface area (Å²) < 4.78 is -0.553. The van der Waals surface area contributed by atoms with Crippen molar-refractivity contribution in [2.24, 2.45) is 0 Å². The molecule has 0 unspecified atom stereocenters. The Balaban J connectivity index is 3.87. The number of hydrogen-bond acceptors (Lipinski definition) is 2. The third-order valence-corrected chi connectivity index (χ3v) is 3.61. The van der Waals surface area contributed by atoms with Crippen molar-refractivity contribution in [1.29, 1.82) is 10.5 Å². The standard InChI is InChI=1S/C6H6Br2N2/c7-4-6(8,5-10)2-1-3-9/h1-2,4H2/t6-/m0/s1. The van der Waals surface area contributed by atoms with E-state index in [1.165, 1.54) is 0 Å². The molecule has 10 heavy (non-hydrogen) atoms. The molecule has 0 aromatic heterocycles. The smallest absolute Gasteiger partial charge is 0.123 e. The number of nitrogens with zero attached hydrogens (tertiary/aromatic N) is 2. The molecule has 0 rings (SSSR count). The molecule has 0 fully saturated rings. The van der Waals surface area contributed by atoms with Crippen LogP contribution in [0.2, 0.25) is 0 Å². The molecule has 0 aromatic rings. The number of halogens is 2. The van der Waals surface area contributed by atoms with Crippen LogP contribution in [-0.2, 0) is 0 Å². The first kappa shape index (κ1) is 9.94. The van der Waals surface area contributed by atoms with Crippen LogP contribution in [0, 0.1) is 22.7 Å². The molecule has 0 radical (unpaired) electrons. The number of alkyl halides is 2. The molecule has 0 saturated carbocycles. The zero-order valence-electron chi connectivity index (χ0n) is 5.27. The quantitative estimate of drug-likeness (QED) is 0.736. The predicted molar refractivity (Wildman–Crippen MR) is 45.9 cm³/mol. The second-order valence-corrected chi connectivity index (χ2v) is 3.95. The first-order valence-electron chi connectivity index (χ1n) is 2.71. The largest absolute Gasteiger partial charge is 0.198 e. The maximum absolute atomic E-state index is 8.58. The van der Waals surface area contributed by atoms with Gasteiger partial charge in [-0.05, 0) is 6.42 Å². The summed E-state index contributed by atoms with van der Waals surface area (Å²) >= 11 is 6.41. The highest BCUT2D eigenvalue weighted by Crippen LogP contribution is 2.25. The summed E-state index contributed by atoms with van der Waals surface area (Å²) in [6.07, 6.45) is 0.968. The lowest BCUT2D eigenvalue weighted by Crippen LogP contribution is -2.19. The van der Waals surface area contributed by atoms with Crippen molar-refractivity contribution in [3.8, 4) is 12.1 Å². The van der Waals surface area contributed by atoms with Gasteiger partial charge in [-0.15, -0.1) is 0 Å². The molecular formula is C6H6Br2N2. The Morgan fingerprint density at radius 3 is 2.30 bits per heavy atom. The van der Waals surface area contributed by atoms with Crippen LogP contribution in [0.3, 0.4) is 0 Å². The van der Waals surface area contributed by atoms with E-state index in [0.717, 1.165) is 0 Å². The molecule has 0 spiro atoms. The summed E-state index contributed by atoms with van der Waals surface area (Å²) in [6, 6.07) is 4.07. The van der Waals surface area contributed by atoms with E-state index in [-0.39, 0.29) is 0 Å². The van der Waals surface area contributed by atoms with E-state index < -0.39 is 4.32 Å². The summed E-state index contributed by atoms with van der Waals surface area (Å²) in [4.78, 5) is 0. The number of rotatable bonds is 3. The van der Waals surface area contributed by atoms with E-state index in [9.17, 15) is 0 Å². The van der Waals surface area contributed by atoms with E-state index in [1.807, 2.05) is 6.07 Å². The average molecular weight is 266 g/mol. The minimum Gasteiger partial charge on any atom is -0.198 e. The minimum absolute atomic E-state index is 0.407. The van der Waals surface area contributed by atoms with Gasteiger partial charge in [0.1, 0.15) is 4.32 Å². The Morgan fingerprint density at radius 2 is 2.00 bits per heavy atom. The molecule has 4 heteroatoms. The molecule has 0 aliphatic rings. The highest BCUT2D eigenvalue weighted by molar-refractivity contribution is 9.12. The maximum Gasteiger partial charge on any atom is 0.123 e. The third kappa shape index (κ3) is 3.20. The average Bonchev–Trinajstić information content (AvgIpc) is 2.00. The lowest BCUT2D eigenvalue weighted by atomic mass is 10.1. The van der Waals surface area contributed by atoms with Gasteiger partial charge in [-0.1, -0.05) is 31.9 Å². The van der Waals surface area contributed by atoms with Crippen molar-refractivity contribution < 1.29 is 0 Å². The Kier molecular flexibility index (Phi) is 4.68. The van der Waals surface area contributed by atoms with Crippen molar-refractivity contribution >= 4 is 31.9 Å². The molecule has 0 aliphatic heterocycles. The zero-order valence-corrected chi connectivity index (χ0v) is 8.44. The van der Waals surface area contributed by atoms with Crippen LogP contribution in [-0.4, -0.2) is 9.65 Å². The number of hydrogen-bond donors (Lipinski definition) is 0. The molecule has 54 valence electrons. The molecule has 0 aliphatic carbocycles. The highest BCUT2D eigenvalue weighted by Gasteiger charge is 2.23. The zero-order chi connectivity index (χ0) is 8.04. The SMILES string of the molecule is N#CCC[C@@](Br)(C#N)CBr. The summed E-state index contributed by atoms with van der Waals surface area (Å²) in [5.74, 6) is 0. The monoisotopic (exact) mass is 264 g/mol. The van der Waals surface area contributed by atoms with E-state index in [4.69, 9.17) is 10.5 Å². The van der Waals surface area contributed by atoms with Gasteiger partial charge in [0.05, 0.1) is 12.1 Å². The summed E-state index contributed by atoms with van der Waals surface area (Å²) in [5.41, 5.74) is 0. The first-order chi connectivity index (χ1) is 4.68. The molecule has 0 saturated heterocycles. The van der Waals surface area contributed by atoms with Crippen LogP contribution >= 0.6 is 31.9 Å². The summed E-state index contributed by atoms with van der Waals surface area (Å²) in [7, 11) is 0. The van der Waals surface area contributed by atoms with E-state index in [0.29, 0.717) is 18.2 Å². The normalized spacial score (nSPS) is 14.8. The Morgan fingerprint density at radius 1 is 1.40 bits per heavy atom. The second-order valence-electron chi connectivity index (χ2n) is 1.87. The van der Waals surface area contributed by atoms with Crippen molar-refractivity contribution in [3.05, 3.63) is 0 Å². The topological polar surface area (TPSA) is 47.6 Å². The van der Waals surface area contributed by atoms with E-state index in [2.05, 4.69) is 37.9 Å². The Hall–Kier alpha value is -0.0600. The molecule has 0 bridgehead atoms. The van der Waals surface area contributed by atoms with Gasteiger partial charge in [-0.2, -0.15) is 10.5 Å². The molecule has 0 aromatic carbocycles. The van der Waals surface area contributed by atoms with Crippen molar-refractivity contribution in [3.63, 3.8) is 0 Å². The van der Waals surface area contributed by atoms with Gasteiger partial charge in [0.15, 0.2) is 0 Å². The van der Waals surface area contributed by atoms with Gasteiger partial charge >= 0.3 is 0 Å². The molecule has 0 heterocycles. The third-order valence-electron chi connectivity index (χ3n) is 1.05. The Bertz CT molecular complexity index is 179. The van der Waals surface area contributed by atoms with E-state index >= 15 is 0 Å². The lowest BCUT2D eigenvalue weighted by Gasteiger charge is -2.12. The van der Waals surface area contributed by atoms with Crippen LogP contribution in [0.4, 0.5) is 0 Å². The maximum atomic E-state index is 8.58. The van der Waals surface area contributed by atoms with Crippen LogP contribution < -0.4 is 0 Å². The molecule has 0 N–H and O–H groups in total. The van der Waals surface area contributed by atoms with Crippen LogP contribution in [0.5, 0.6) is 0 Å². The van der Waals surface area contributed by atoms with Crippen molar-refractivity contribution in [2.45, 2.75) is 17.2 Å². The Labute approximate surface area is 77.1 Å². The molecular weight excluding hydrogens is 260 g/mol. The molecule has 2 nitrogen and oxygen atoms in total. The van der Waals surface area contributed by atoms with Gasteiger partial charge in [-0.3, -0.25) is 0 Å². The second kappa shape index (κ2) is 4.71. The van der Waals surface area contributed by atoms with Crippen LogP contribution in [0.25, 0.3) is 0 Å². The minimum atomic E-state index is -0.553. The fraction of sp³-hybridized carbons (Fsp3) is 0.667. The fourth-order valence-corrected chi connectivity index (χ4v) is 1.01. The van der Waals surface area contributed by atoms with Gasteiger partial charge in [0.25, 0.3) is 0 Å². The fourth-order valence-electron chi connectivity index (χ4n) is 0.407. The molecule has 0 amide bonds. The molecule has 1 atom stereocenters. The van der Waals surface area contributed by atoms with Gasteiger partial charge in [0.2, 0.25) is 0 Å². The summed E-state index contributed by atoms with van der Waals surface area (Å²) in [6.45, 7) is 0. The van der Waals surface area contributed by atoms with Gasteiger partial charge in [0, 0.05) is 11.8 Å². The predicted octanol–water partition coefficient (Wildman–Crippen LogP) is 2.34. The van der Waals surface area contributed by atoms with E-state index in [1.54, 1.807) is 0 Å². The van der Waals surface area contributed by atoms with Crippen molar-refractivity contribution in [2.75, 3.05) is 5.33 Å². The summed E-state index contributed by atoms with van der Waals surface area (Å²) in [5, 5.41) is 17.4.